The summed E-state index contributed by atoms with van der Waals surface area (Å²) in [5, 5.41) is 18.3. The van der Waals surface area contributed by atoms with Gasteiger partial charge in [0.05, 0.1) is 5.56 Å². The molecule has 5 nitrogen and oxygen atoms in total. The zero-order chi connectivity index (χ0) is 17.5. The summed E-state index contributed by atoms with van der Waals surface area (Å²) in [6, 6.07) is 16.9. The highest BCUT2D eigenvalue weighted by atomic mass is 79.9. The maximum atomic E-state index is 11.0. The standard InChI is InChI=1S/C18H17BrN2O3/c1-21(18(22)23)10-9-16(13-5-3-2-4-6-13)24-17-11-15(19)8-7-14(17)12-20/h2-8,11,16H,9-10H2,1H3,(H,22,23)/t16-/m1/s1. The Morgan fingerprint density at radius 2 is 2.04 bits per heavy atom. The lowest BCUT2D eigenvalue weighted by Crippen LogP contribution is -2.27. The number of benzene rings is 2. The van der Waals surface area contributed by atoms with Gasteiger partial charge in [0.2, 0.25) is 0 Å². The minimum absolute atomic E-state index is 0.324. The van der Waals surface area contributed by atoms with Gasteiger partial charge in [0.1, 0.15) is 17.9 Å². The van der Waals surface area contributed by atoms with Crippen molar-refractivity contribution in [2.45, 2.75) is 12.5 Å². The molecular formula is C18H17BrN2O3. The van der Waals surface area contributed by atoms with Gasteiger partial charge < -0.3 is 14.7 Å². The van der Waals surface area contributed by atoms with Gasteiger partial charge in [-0.25, -0.2) is 4.79 Å². The average molecular weight is 389 g/mol. The van der Waals surface area contributed by atoms with E-state index in [1.54, 1.807) is 18.2 Å². The molecule has 124 valence electrons. The molecule has 0 radical (unpaired) electrons. The molecule has 6 heteroatoms. The molecule has 0 unspecified atom stereocenters. The molecule has 0 aromatic heterocycles. The van der Waals surface area contributed by atoms with Crippen molar-refractivity contribution in [2.24, 2.45) is 0 Å². The molecule has 0 spiro atoms. The van der Waals surface area contributed by atoms with Gasteiger partial charge in [-0.2, -0.15) is 5.26 Å². The number of carbonyl (C=O) groups is 1. The molecule has 1 amide bonds. The third-order valence-corrected chi connectivity index (χ3v) is 4.05. The Balaban J connectivity index is 2.25. The third-order valence-electron chi connectivity index (χ3n) is 3.56. The molecule has 24 heavy (non-hydrogen) atoms. The Morgan fingerprint density at radius 3 is 2.67 bits per heavy atom. The molecule has 1 atom stereocenters. The number of amides is 1. The van der Waals surface area contributed by atoms with Crippen molar-refractivity contribution in [3.8, 4) is 11.8 Å². The first-order valence-electron chi connectivity index (χ1n) is 7.36. The minimum atomic E-state index is -0.984. The van der Waals surface area contributed by atoms with Gasteiger partial charge in [0.15, 0.2) is 0 Å². The van der Waals surface area contributed by atoms with E-state index in [1.807, 2.05) is 30.3 Å². The molecule has 0 heterocycles. The predicted octanol–water partition coefficient (Wildman–Crippen LogP) is 4.44. The van der Waals surface area contributed by atoms with Crippen LogP contribution in [0.25, 0.3) is 0 Å². The maximum Gasteiger partial charge on any atom is 0.407 e. The largest absolute Gasteiger partial charge is 0.484 e. The van der Waals surface area contributed by atoms with Crippen LogP contribution in [0.4, 0.5) is 4.79 Å². The average Bonchev–Trinajstić information content (AvgIpc) is 2.59. The van der Waals surface area contributed by atoms with Crippen LogP contribution in [0.15, 0.2) is 53.0 Å². The second-order valence-electron chi connectivity index (χ2n) is 5.26. The first kappa shape index (κ1) is 17.8. The van der Waals surface area contributed by atoms with E-state index in [0.29, 0.717) is 24.3 Å². The number of rotatable bonds is 6. The van der Waals surface area contributed by atoms with E-state index in [9.17, 15) is 10.1 Å². The van der Waals surface area contributed by atoms with Gasteiger partial charge in [0, 0.05) is 24.5 Å². The molecule has 0 fully saturated rings. The van der Waals surface area contributed by atoms with Crippen molar-refractivity contribution in [1.82, 2.24) is 4.90 Å². The lowest BCUT2D eigenvalue weighted by Gasteiger charge is -2.22. The number of nitrogens with zero attached hydrogens (tertiary/aromatic N) is 2. The van der Waals surface area contributed by atoms with E-state index in [0.717, 1.165) is 10.0 Å². The fourth-order valence-corrected chi connectivity index (χ4v) is 2.55. The number of hydrogen-bond donors (Lipinski definition) is 1. The number of nitriles is 1. The van der Waals surface area contributed by atoms with Crippen LogP contribution in [0.2, 0.25) is 0 Å². The number of carboxylic acid groups (broad SMARTS) is 1. The molecular weight excluding hydrogens is 372 g/mol. The Morgan fingerprint density at radius 1 is 1.33 bits per heavy atom. The van der Waals surface area contributed by atoms with Gasteiger partial charge in [-0.3, -0.25) is 0 Å². The van der Waals surface area contributed by atoms with E-state index >= 15 is 0 Å². The Labute approximate surface area is 149 Å². The van der Waals surface area contributed by atoms with Crippen LogP contribution in [-0.4, -0.2) is 29.7 Å². The summed E-state index contributed by atoms with van der Waals surface area (Å²) in [7, 11) is 1.52. The van der Waals surface area contributed by atoms with Crippen molar-refractivity contribution >= 4 is 22.0 Å². The van der Waals surface area contributed by atoms with Crippen LogP contribution in [0.5, 0.6) is 5.75 Å². The SMILES string of the molecule is CN(CC[C@@H](Oc1cc(Br)ccc1C#N)c1ccccc1)C(=O)O. The second-order valence-corrected chi connectivity index (χ2v) is 6.18. The van der Waals surface area contributed by atoms with Crippen LogP contribution in [-0.2, 0) is 0 Å². The summed E-state index contributed by atoms with van der Waals surface area (Å²) in [4.78, 5) is 12.2. The van der Waals surface area contributed by atoms with Crippen molar-refractivity contribution < 1.29 is 14.6 Å². The summed E-state index contributed by atoms with van der Waals surface area (Å²) in [5.74, 6) is 0.471. The van der Waals surface area contributed by atoms with E-state index in [2.05, 4.69) is 22.0 Å². The van der Waals surface area contributed by atoms with E-state index < -0.39 is 6.09 Å². The van der Waals surface area contributed by atoms with Gasteiger partial charge in [-0.15, -0.1) is 0 Å². The van der Waals surface area contributed by atoms with Crippen LogP contribution >= 0.6 is 15.9 Å². The van der Waals surface area contributed by atoms with Gasteiger partial charge >= 0.3 is 6.09 Å². The monoisotopic (exact) mass is 388 g/mol. The Hall–Kier alpha value is -2.52. The van der Waals surface area contributed by atoms with Gasteiger partial charge in [0.25, 0.3) is 0 Å². The van der Waals surface area contributed by atoms with Gasteiger partial charge in [-0.05, 0) is 23.8 Å². The highest BCUT2D eigenvalue weighted by molar-refractivity contribution is 9.10. The van der Waals surface area contributed by atoms with Crippen LogP contribution in [0.3, 0.4) is 0 Å². The normalized spacial score (nSPS) is 11.4. The second kappa shape index (κ2) is 8.37. The molecule has 0 saturated heterocycles. The summed E-state index contributed by atoms with van der Waals surface area (Å²) in [6.45, 7) is 0.324. The van der Waals surface area contributed by atoms with Gasteiger partial charge in [-0.1, -0.05) is 46.3 Å². The topological polar surface area (TPSA) is 73.6 Å². The van der Waals surface area contributed by atoms with Crippen molar-refractivity contribution in [2.75, 3.05) is 13.6 Å². The number of halogens is 1. The molecule has 0 aliphatic heterocycles. The summed E-state index contributed by atoms with van der Waals surface area (Å²) < 4.78 is 6.87. The molecule has 2 rings (SSSR count). The number of ether oxygens (including phenoxy) is 1. The predicted molar refractivity (Wildman–Crippen MR) is 93.9 cm³/mol. The molecule has 0 aliphatic carbocycles. The van der Waals surface area contributed by atoms with Crippen molar-refractivity contribution in [3.63, 3.8) is 0 Å². The third kappa shape index (κ3) is 4.74. The van der Waals surface area contributed by atoms with Crippen molar-refractivity contribution in [1.29, 1.82) is 5.26 Å². The molecule has 2 aromatic rings. The lowest BCUT2D eigenvalue weighted by molar-refractivity contribution is 0.140. The lowest BCUT2D eigenvalue weighted by atomic mass is 10.1. The summed E-state index contributed by atoms with van der Waals surface area (Å²) in [5.41, 5.74) is 1.37. The Bertz CT molecular complexity index is 744. The molecule has 0 bridgehead atoms. The minimum Gasteiger partial charge on any atom is -0.484 e. The van der Waals surface area contributed by atoms with E-state index in [4.69, 9.17) is 9.84 Å². The van der Waals surface area contributed by atoms with Crippen LogP contribution in [0, 0.1) is 11.3 Å². The van der Waals surface area contributed by atoms with Crippen LogP contribution in [0.1, 0.15) is 23.7 Å². The zero-order valence-electron chi connectivity index (χ0n) is 13.1. The summed E-state index contributed by atoms with van der Waals surface area (Å²) in [6.07, 6.45) is -0.860. The first-order chi connectivity index (χ1) is 11.5. The first-order valence-corrected chi connectivity index (χ1v) is 8.16. The van der Waals surface area contributed by atoms with Crippen molar-refractivity contribution in [3.05, 3.63) is 64.1 Å². The highest BCUT2D eigenvalue weighted by Gasteiger charge is 2.18. The smallest absolute Gasteiger partial charge is 0.407 e. The fourth-order valence-electron chi connectivity index (χ4n) is 2.21. The molecule has 2 aromatic carbocycles. The Kier molecular flexibility index (Phi) is 6.21. The zero-order valence-corrected chi connectivity index (χ0v) is 14.7. The van der Waals surface area contributed by atoms with E-state index in [-0.39, 0.29) is 6.10 Å². The molecule has 0 aliphatic rings. The number of hydrogen-bond acceptors (Lipinski definition) is 3. The summed E-state index contributed by atoms with van der Waals surface area (Å²) >= 11 is 3.38. The maximum absolute atomic E-state index is 11.0. The molecule has 1 N–H and O–H groups in total. The highest BCUT2D eigenvalue weighted by Crippen LogP contribution is 2.30. The molecule has 0 saturated carbocycles. The van der Waals surface area contributed by atoms with Crippen LogP contribution < -0.4 is 4.74 Å². The van der Waals surface area contributed by atoms with E-state index in [1.165, 1.54) is 11.9 Å². The fraction of sp³-hybridized carbons (Fsp3) is 0.222. The quantitative estimate of drug-likeness (QED) is 0.793.